The van der Waals surface area contributed by atoms with Crippen LogP contribution in [0.4, 0.5) is 13.2 Å². The zero-order valence-electron chi connectivity index (χ0n) is 17.8. The Morgan fingerprint density at radius 2 is 1.28 bits per heavy atom. The van der Waals surface area contributed by atoms with Crippen LogP contribution in [0.25, 0.3) is 0 Å². The fourth-order valence-electron chi connectivity index (χ4n) is 5.74. The summed E-state index contributed by atoms with van der Waals surface area (Å²) in [6, 6.07) is 2.31. The molecule has 1 aromatic rings. The highest BCUT2D eigenvalue weighted by Crippen LogP contribution is 2.43. The Kier molecular flexibility index (Phi) is 8.68. The van der Waals surface area contributed by atoms with Gasteiger partial charge >= 0.3 is 0 Å². The molecule has 0 spiro atoms. The average Bonchev–Trinajstić information content (AvgIpc) is 2.74. The summed E-state index contributed by atoms with van der Waals surface area (Å²) in [5.74, 6) is -0.109. The van der Waals surface area contributed by atoms with E-state index < -0.39 is 17.5 Å². The molecule has 3 rings (SSSR count). The molecular weight excluding hydrogens is 369 g/mol. The van der Waals surface area contributed by atoms with Crippen molar-refractivity contribution in [2.45, 2.75) is 89.9 Å². The second-order valence-electron chi connectivity index (χ2n) is 9.55. The van der Waals surface area contributed by atoms with Gasteiger partial charge in [0.2, 0.25) is 0 Å². The van der Waals surface area contributed by atoms with Crippen LogP contribution in [0, 0.1) is 41.1 Å². The molecule has 2 aliphatic rings. The molecule has 0 aromatic heterocycles. The van der Waals surface area contributed by atoms with E-state index in [-0.39, 0.29) is 0 Å². The van der Waals surface area contributed by atoms with E-state index in [2.05, 4.69) is 6.58 Å². The summed E-state index contributed by atoms with van der Waals surface area (Å²) in [5, 5.41) is 0. The summed E-state index contributed by atoms with van der Waals surface area (Å²) in [6.45, 7) is 3.81. The molecule has 0 amide bonds. The summed E-state index contributed by atoms with van der Waals surface area (Å²) in [6.07, 6.45) is 19.6. The third-order valence-electron chi connectivity index (χ3n) is 7.60. The Hall–Kier alpha value is -1.25. The van der Waals surface area contributed by atoms with Gasteiger partial charge in [0.1, 0.15) is 0 Å². The van der Waals surface area contributed by atoms with E-state index in [9.17, 15) is 13.2 Å². The standard InChI is InChI=1S/C26H37F3/c1-2-3-4-5-6-19-9-13-22(14-10-19)23-15-11-20(12-16-23)7-8-21-17-24(27)26(29)25(28)18-21/h2,17-20,22-23H,1,3-16H2. The zero-order valence-corrected chi connectivity index (χ0v) is 17.8. The fourth-order valence-corrected chi connectivity index (χ4v) is 5.74. The van der Waals surface area contributed by atoms with Gasteiger partial charge < -0.3 is 0 Å². The second-order valence-corrected chi connectivity index (χ2v) is 9.55. The first-order valence-electron chi connectivity index (χ1n) is 11.8. The molecule has 3 heteroatoms. The predicted molar refractivity (Wildman–Crippen MR) is 114 cm³/mol. The maximum Gasteiger partial charge on any atom is 0.194 e. The van der Waals surface area contributed by atoms with Gasteiger partial charge in [0.15, 0.2) is 17.5 Å². The largest absolute Gasteiger partial charge is 0.204 e. The minimum Gasteiger partial charge on any atom is -0.204 e. The number of hydrogen-bond donors (Lipinski definition) is 0. The normalized spacial score (nSPS) is 27.7. The van der Waals surface area contributed by atoms with Gasteiger partial charge in [-0.15, -0.1) is 6.58 Å². The number of unbranched alkanes of at least 4 members (excludes halogenated alkanes) is 2. The van der Waals surface area contributed by atoms with E-state index in [1.165, 1.54) is 70.6 Å². The van der Waals surface area contributed by atoms with E-state index in [1.54, 1.807) is 0 Å². The van der Waals surface area contributed by atoms with Crippen molar-refractivity contribution in [1.29, 1.82) is 0 Å². The van der Waals surface area contributed by atoms with E-state index >= 15 is 0 Å². The van der Waals surface area contributed by atoms with Gasteiger partial charge in [-0.05, 0) is 92.7 Å². The Morgan fingerprint density at radius 3 is 1.79 bits per heavy atom. The van der Waals surface area contributed by atoms with E-state index in [4.69, 9.17) is 0 Å². The Bertz CT molecular complexity index is 614. The van der Waals surface area contributed by atoms with Crippen molar-refractivity contribution in [3.63, 3.8) is 0 Å². The van der Waals surface area contributed by atoms with Crippen LogP contribution in [0.15, 0.2) is 24.8 Å². The van der Waals surface area contributed by atoms with Gasteiger partial charge in [-0.1, -0.05) is 44.6 Å². The van der Waals surface area contributed by atoms with Crippen LogP contribution < -0.4 is 0 Å². The minimum atomic E-state index is -1.36. The Labute approximate surface area is 175 Å². The van der Waals surface area contributed by atoms with Crippen molar-refractivity contribution in [2.75, 3.05) is 0 Å². The maximum atomic E-state index is 13.4. The summed E-state index contributed by atoms with van der Waals surface area (Å²) < 4.78 is 39.8. The number of rotatable bonds is 9. The topological polar surface area (TPSA) is 0 Å². The average molecular weight is 407 g/mol. The van der Waals surface area contributed by atoms with Crippen molar-refractivity contribution in [1.82, 2.24) is 0 Å². The summed E-state index contributed by atoms with van der Waals surface area (Å²) >= 11 is 0. The molecule has 0 N–H and O–H groups in total. The van der Waals surface area contributed by atoms with Crippen LogP contribution in [-0.4, -0.2) is 0 Å². The van der Waals surface area contributed by atoms with Gasteiger partial charge in [0, 0.05) is 0 Å². The number of aryl methyl sites for hydroxylation is 1. The molecule has 2 aliphatic carbocycles. The lowest BCUT2D eigenvalue weighted by molar-refractivity contribution is 0.140. The lowest BCUT2D eigenvalue weighted by Crippen LogP contribution is -2.26. The van der Waals surface area contributed by atoms with Crippen LogP contribution >= 0.6 is 0 Å². The lowest BCUT2D eigenvalue weighted by Gasteiger charge is -2.38. The Morgan fingerprint density at radius 1 is 0.759 bits per heavy atom. The van der Waals surface area contributed by atoms with Crippen LogP contribution in [0.1, 0.15) is 89.0 Å². The number of hydrogen-bond acceptors (Lipinski definition) is 0. The first-order chi connectivity index (χ1) is 14.1. The molecule has 0 nitrogen and oxygen atoms in total. The van der Waals surface area contributed by atoms with E-state index in [0.29, 0.717) is 17.9 Å². The summed E-state index contributed by atoms with van der Waals surface area (Å²) in [5.41, 5.74) is 0.579. The van der Waals surface area contributed by atoms with Gasteiger partial charge in [-0.25, -0.2) is 13.2 Å². The summed E-state index contributed by atoms with van der Waals surface area (Å²) in [7, 11) is 0. The van der Waals surface area contributed by atoms with E-state index in [1.807, 2.05) is 6.08 Å². The molecule has 2 saturated carbocycles. The molecule has 0 atom stereocenters. The van der Waals surface area contributed by atoms with E-state index in [0.717, 1.165) is 42.7 Å². The highest BCUT2D eigenvalue weighted by molar-refractivity contribution is 5.19. The molecule has 0 radical (unpaired) electrons. The van der Waals surface area contributed by atoms with Crippen LogP contribution in [0.2, 0.25) is 0 Å². The third-order valence-corrected chi connectivity index (χ3v) is 7.60. The smallest absolute Gasteiger partial charge is 0.194 e. The van der Waals surface area contributed by atoms with Gasteiger partial charge in [0.25, 0.3) is 0 Å². The number of allylic oxidation sites excluding steroid dienone is 1. The van der Waals surface area contributed by atoms with Crippen molar-refractivity contribution < 1.29 is 13.2 Å². The van der Waals surface area contributed by atoms with Gasteiger partial charge in [0.05, 0.1) is 0 Å². The minimum absolute atomic E-state index is 0.579. The highest BCUT2D eigenvalue weighted by atomic mass is 19.2. The summed E-state index contributed by atoms with van der Waals surface area (Å²) in [4.78, 5) is 0. The molecule has 0 aliphatic heterocycles. The zero-order chi connectivity index (χ0) is 20.6. The van der Waals surface area contributed by atoms with Crippen LogP contribution in [0.5, 0.6) is 0 Å². The van der Waals surface area contributed by atoms with Crippen LogP contribution in [-0.2, 0) is 6.42 Å². The quantitative estimate of drug-likeness (QED) is 0.219. The van der Waals surface area contributed by atoms with Gasteiger partial charge in [-0.3, -0.25) is 0 Å². The third kappa shape index (κ3) is 6.62. The van der Waals surface area contributed by atoms with Crippen LogP contribution in [0.3, 0.4) is 0 Å². The first-order valence-corrected chi connectivity index (χ1v) is 11.8. The molecule has 162 valence electrons. The highest BCUT2D eigenvalue weighted by Gasteiger charge is 2.30. The molecule has 29 heavy (non-hydrogen) atoms. The monoisotopic (exact) mass is 406 g/mol. The maximum absolute atomic E-state index is 13.4. The molecule has 1 aromatic carbocycles. The predicted octanol–water partition coefficient (Wildman–Crippen LogP) is 8.40. The van der Waals surface area contributed by atoms with Crippen molar-refractivity contribution >= 4 is 0 Å². The Balaban J connectivity index is 1.34. The second kappa shape index (κ2) is 11.2. The van der Waals surface area contributed by atoms with Crippen molar-refractivity contribution in [3.8, 4) is 0 Å². The van der Waals surface area contributed by atoms with Crippen molar-refractivity contribution in [2.24, 2.45) is 23.7 Å². The number of benzene rings is 1. The van der Waals surface area contributed by atoms with Crippen molar-refractivity contribution in [3.05, 3.63) is 47.8 Å². The number of halogens is 3. The molecule has 0 saturated heterocycles. The molecular formula is C26H37F3. The molecule has 0 unspecified atom stereocenters. The fraction of sp³-hybridized carbons (Fsp3) is 0.692. The lowest BCUT2D eigenvalue weighted by atomic mass is 9.68. The molecule has 0 heterocycles. The van der Waals surface area contributed by atoms with Gasteiger partial charge in [-0.2, -0.15) is 0 Å². The molecule has 2 fully saturated rings. The first kappa shape index (κ1) is 22.4. The SMILES string of the molecule is C=CCCCCC1CCC(C2CCC(CCc3cc(F)c(F)c(F)c3)CC2)CC1. The molecule has 0 bridgehead atoms.